The second-order valence-corrected chi connectivity index (χ2v) is 7.46. The molecule has 2 N–H and O–H groups in total. The zero-order valence-electron chi connectivity index (χ0n) is 17.9. The molecule has 34 heavy (non-hydrogen) atoms. The fourth-order valence-electron chi connectivity index (χ4n) is 3.59. The van der Waals surface area contributed by atoms with Gasteiger partial charge in [0.25, 0.3) is 5.91 Å². The van der Waals surface area contributed by atoms with Crippen LogP contribution in [0.3, 0.4) is 0 Å². The van der Waals surface area contributed by atoms with Gasteiger partial charge in [-0.3, -0.25) is 9.59 Å². The largest absolute Gasteiger partial charge is 0.462 e. The van der Waals surface area contributed by atoms with Gasteiger partial charge in [0.15, 0.2) is 5.69 Å². The molecule has 0 atom stereocenters. The summed E-state index contributed by atoms with van der Waals surface area (Å²) in [5.41, 5.74) is 0.359. The van der Waals surface area contributed by atoms with Crippen LogP contribution in [0.5, 0.6) is 0 Å². The third-order valence-electron chi connectivity index (χ3n) is 5.17. The summed E-state index contributed by atoms with van der Waals surface area (Å²) in [6.07, 6.45) is -3.17. The molecule has 0 saturated heterocycles. The molecular weight excluding hydrogens is 453 g/mol. The Bertz CT molecular complexity index is 1270. The van der Waals surface area contributed by atoms with Gasteiger partial charge >= 0.3 is 12.1 Å². The first-order valence-electron chi connectivity index (χ1n) is 10.3. The number of rotatable bonds is 5. The van der Waals surface area contributed by atoms with E-state index in [2.05, 4.69) is 15.7 Å². The summed E-state index contributed by atoms with van der Waals surface area (Å²) < 4.78 is 46.3. The lowest BCUT2D eigenvalue weighted by molar-refractivity contribution is -0.143. The van der Waals surface area contributed by atoms with Gasteiger partial charge in [-0.15, -0.1) is 0 Å². The van der Waals surface area contributed by atoms with Crippen molar-refractivity contribution < 1.29 is 32.3 Å². The van der Waals surface area contributed by atoms with E-state index in [4.69, 9.17) is 4.74 Å². The number of halogens is 3. The van der Waals surface area contributed by atoms with Crippen molar-refractivity contribution in [2.75, 3.05) is 17.2 Å². The Morgan fingerprint density at radius 3 is 2.56 bits per heavy atom. The molecule has 0 unspecified atom stereocenters. The molecule has 0 radical (unpaired) electrons. The van der Waals surface area contributed by atoms with E-state index in [-0.39, 0.29) is 18.2 Å². The van der Waals surface area contributed by atoms with Gasteiger partial charge in [-0.1, -0.05) is 0 Å². The zero-order chi connectivity index (χ0) is 24.5. The highest BCUT2D eigenvalue weighted by Gasteiger charge is 2.41. The average molecular weight is 472 g/mol. The number of amides is 2. The van der Waals surface area contributed by atoms with Gasteiger partial charge in [0.2, 0.25) is 5.91 Å². The van der Waals surface area contributed by atoms with Crippen molar-refractivity contribution in [3.8, 4) is 5.69 Å². The zero-order valence-corrected chi connectivity index (χ0v) is 17.9. The van der Waals surface area contributed by atoms with Crippen LogP contribution >= 0.6 is 0 Å². The monoisotopic (exact) mass is 472 g/mol. The first kappa shape index (κ1) is 23.0. The van der Waals surface area contributed by atoms with Crippen LogP contribution in [0.4, 0.5) is 24.5 Å². The molecule has 1 aliphatic heterocycles. The van der Waals surface area contributed by atoms with Gasteiger partial charge in [0.05, 0.1) is 18.5 Å². The summed E-state index contributed by atoms with van der Waals surface area (Å²) in [4.78, 5) is 36.0. The Balaban J connectivity index is 1.55. The number of nitrogens with one attached hydrogen (secondary N) is 2. The summed E-state index contributed by atoms with van der Waals surface area (Å²) in [7, 11) is 0. The van der Waals surface area contributed by atoms with Crippen molar-refractivity contribution in [1.29, 1.82) is 0 Å². The summed E-state index contributed by atoms with van der Waals surface area (Å²) in [6.45, 7) is 1.42. The molecule has 1 aliphatic rings. The van der Waals surface area contributed by atoms with Crippen LogP contribution in [0.1, 0.15) is 45.3 Å². The van der Waals surface area contributed by atoms with E-state index in [1.54, 1.807) is 18.2 Å². The maximum atomic E-state index is 13.7. The fourth-order valence-corrected chi connectivity index (χ4v) is 3.59. The van der Waals surface area contributed by atoms with E-state index in [1.807, 2.05) is 0 Å². The van der Waals surface area contributed by atoms with Gasteiger partial charge in [-0.05, 0) is 61.4 Å². The van der Waals surface area contributed by atoms with E-state index in [9.17, 15) is 27.6 Å². The van der Waals surface area contributed by atoms with Crippen molar-refractivity contribution >= 4 is 29.2 Å². The van der Waals surface area contributed by atoms with E-state index < -0.39 is 29.3 Å². The molecule has 0 bridgehead atoms. The smallest absolute Gasteiger partial charge is 0.434 e. The molecule has 0 spiro atoms. The predicted octanol–water partition coefficient (Wildman–Crippen LogP) is 4.20. The molecule has 0 aliphatic carbocycles. The van der Waals surface area contributed by atoms with Crippen molar-refractivity contribution in [2.45, 2.75) is 25.9 Å². The Morgan fingerprint density at radius 2 is 1.88 bits per heavy atom. The average Bonchev–Trinajstić information content (AvgIpc) is 3.25. The first-order chi connectivity index (χ1) is 16.2. The van der Waals surface area contributed by atoms with Crippen LogP contribution in [0.25, 0.3) is 5.69 Å². The number of alkyl halides is 3. The van der Waals surface area contributed by atoms with Crippen molar-refractivity contribution in [3.05, 3.63) is 71.0 Å². The van der Waals surface area contributed by atoms with Crippen LogP contribution in [-0.2, 0) is 22.1 Å². The number of ether oxygens (including phenoxy) is 1. The lowest BCUT2D eigenvalue weighted by Crippen LogP contribution is -2.20. The molecule has 176 valence electrons. The second-order valence-electron chi connectivity index (χ2n) is 7.46. The molecule has 8 nitrogen and oxygen atoms in total. The molecule has 0 fully saturated rings. The number of carbonyl (C=O) groups excluding carboxylic acids is 3. The van der Waals surface area contributed by atoms with Crippen LogP contribution < -0.4 is 10.6 Å². The Labute approximate surface area is 191 Å². The summed E-state index contributed by atoms with van der Waals surface area (Å²) in [6, 6.07) is 10.5. The van der Waals surface area contributed by atoms with Crippen LogP contribution in [0.2, 0.25) is 0 Å². The second kappa shape index (κ2) is 9.00. The van der Waals surface area contributed by atoms with E-state index in [0.29, 0.717) is 34.5 Å². The lowest BCUT2D eigenvalue weighted by Gasteiger charge is -2.17. The number of fused-ring (bicyclic) bond motifs is 1. The fraction of sp³-hybridized carbons (Fsp3) is 0.217. The Kier molecular flexibility index (Phi) is 6.10. The minimum Gasteiger partial charge on any atom is -0.462 e. The number of benzene rings is 2. The maximum absolute atomic E-state index is 13.7. The number of hydrogen-bond acceptors (Lipinski definition) is 5. The van der Waals surface area contributed by atoms with Crippen LogP contribution in [0.15, 0.2) is 48.7 Å². The van der Waals surface area contributed by atoms with E-state index in [1.165, 1.54) is 31.2 Å². The number of aromatic nitrogens is 2. The van der Waals surface area contributed by atoms with Gasteiger partial charge in [0.1, 0.15) is 5.56 Å². The molecule has 4 rings (SSSR count). The molecular formula is C23H19F3N4O4. The minimum absolute atomic E-state index is 0.0467. The highest BCUT2D eigenvalue weighted by molar-refractivity contribution is 6.05. The Morgan fingerprint density at radius 1 is 1.15 bits per heavy atom. The predicted molar refractivity (Wildman–Crippen MR) is 116 cm³/mol. The molecule has 1 aromatic heterocycles. The third kappa shape index (κ3) is 4.63. The minimum atomic E-state index is -4.85. The molecule has 2 amide bonds. The van der Waals surface area contributed by atoms with E-state index in [0.717, 1.165) is 11.8 Å². The van der Waals surface area contributed by atoms with Crippen molar-refractivity contribution in [3.63, 3.8) is 0 Å². The van der Waals surface area contributed by atoms with Crippen LogP contribution in [-0.4, -0.2) is 34.2 Å². The number of carbonyl (C=O) groups is 3. The van der Waals surface area contributed by atoms with Gasteiger partial charge in [0, 0.05) is 23.4 Å². The third-order valence-corrected chi connectivity index (χ3v) is 5.17. The van der Waals surface area contributed by atoms with Crippen LogP contribution in [0, 0.1) is 0 Å². The number of esters is 1. The summed E-state index contributed by atoms with van der Waals surface area (Å²) >= 11 is 0. The number of nitrogens with zero attached hydrogens (tertiary/aromatic N) is 2. The quantitative estimate of drug-likeness (QED) is 0.542. The lowest BCUT2D eigenvalue weighted by atomic mass is 10.00. The molecule has 3 aromatic rings. The van der Waals surface area contributed by atoms with Crippen molar-refractivity contribution in [2.24, 2.45) is 0 Å². The standard InChI is InChI=1S/C23H19F3N4O4/c1-2-34-22(33)17-12-27-30(20(17)23(24,25)26)16-7-5-15(6-8-16)28-21(32)14-3-9-18-13(11-14)4-10-19(31)29-18/h3,5-9,11-12H,2,4,10H2,1H3,(H,28,32)(H,29,31). The maximum Gasteiger partial charge on any atom is 0.434 e. The van der Waals surface area contributed by atoms with Gasteiger partial charge < -0.3 is 15.4 Å². The van der Waals surface area contributed by atoms with E-state index >= 15 is 0 Å². The number of anilines is 2. The number of hydrogen-bond donors (Lipinski definition) is 2. The molecule has 2 aromatic carbocycles. The topological polar surface area (TPSA) is 102 Å². The Hall–Kier alpha value is -4.15. The number of aryl methyl sites for hydroxylation is 1. The SMILES string of the molecule is CCOC(=O)c1cnn(-c2ccc(NC(=O)c3ccc4c(c3)CCC(=O)N4)cc2)c1C(F)(F)F. The van der Waals surface area contributed by atoms with Gasteiger partial charge in [-0.2, -0.15) is 18.3 Å². The molecule has 11 heteroatoms. The van der Waals surface area contributed by atoms with Gasteiger partial charge in [-0.25, -0.2) is 9.48 Å². The molecule has 2 heterocycles. The highest BCUT2D eigenvalue weighted by atomic mass is 19.4. The normalized spacial score (nSPS) is 13.1. The highest BCUT2D eigenvalue weighted by Crippen LogP contribution is 2.34. The summed E-state index contributed by atoms with van der Waals surface area (Å²) in [5, 5.41) is 9.14. The van der Waals surface area contributed by atoms with Crippen molar-refractivity contribution in [1.82, 2.24) is 9.78 Å². The molecule has 0 saturated carbocycles. The summed E-state index contributed by atoms with van der Waals surface area (Å²) in [5.74, 6) is -1.60. The first-order valence-corrected chi connectivity index (χ1v) is 10.3.